The van der Waals surface area contributed by atoms with E-state index >= 15 is 0 Å². The van der Waals surface area contributed by atoms with Gasteiger partial charge < -0.3 is 0 Å². The molecule has 0 bridgehead atoms. The van der Waals surface area contributed by atoms with Crippen LogP contribution in [0.25, 0.3) is 0 Å². The molecule has 2 heterocycles. The lowest BCUT2D eigenvalue weighted by molar-refractivity contribution is 0.534. The highest BCUT2D eigenvalue weighted by molar-refractivity contribution is 9.10. The van der Waals surface area contributed by atoms with Crippen LogP contribution in [0, 0.1) is 0 Å². The van der Waals surface area contributed by atoms with Crippen LogP contribution in [0.3, 0.4) is 0 Å². The fraction of sp³-hybridized carbons (Fsp3) is 0.300. The molecular formula is C10H11BrN4OS. The molecule has 5 nitrogen and oxygen atoms in total. The second-order valence-electron chi connectivity index (χ2n) is 3.67. The van der Waals surface area contributed by atoms with Gasteiger partial charge in [-0.25, -0.2) is 14.9 Å². The van der Waals surface area contributed by atoms with E-state index in [0.29, 0.717) is 5.16 Å². The molecule has 1 N–H and O–H groups in total. The molecule has 0 spiro atoms. The Kier molecular flexibility index (Phi) is 3.68. The van der Waals surface area contributed by atoms with Crippen molar-refractivity contribution in [3.63, 3.8) is 0 Å². The van der Waals surface area contributed by atoms with Gasteiger partial charge >= 0.3 is 5.69 Å². The second-order valence-corrected chi connectivity index (χ2v) is 5.48. The number of halogens is 1. The monoisotopic (exact) mass is 314 g/mol. The lowest BCUT2D eigenvalue weighted by Crippen LogP contribution is -2.19. The van der Waals surface area contributed by atoms with Crippen molar-refractivity contribution >= 4 is 27.7 Å². The quantitative estimate of drug-likeness (QED) is 0.945. The van der Waals surface area contributed by atoms with Crippen LogP contribution in [0.15, 0.2) is 37.8 Å². The molecule has 0 aliphatic carbocycles. The van der Waals surface area contributed by atoms with Crippen molar-refractivity contribution in [3.8, 4) is 0 Å². The van der Waals surface area contributed by atoms with E-state index in [2.05, 4.69) is 31.1 Å². The average Bonchev–Trinajstić information content (AvgIpc) is 2.63. The number of pyridine rings is 1. The minimum Gasteiger partial charge on any atom is -0.267 e. The molecule has 17 heavy (non-hydrogen) atoms. The van der Waals surface area contributed by atoms with Crippen molar-refractivity contribution < 1.29 is 0 Å². The SMILES string of the molecule is CC(C)n1c(Sc2ncccc2Br)n[nH]c1=O. The highest BCUT2D eigenvalue weighted by Gasteiger charge is 2.14. The molecule has 0 fully saturated rings. The third-order valence-corrected chi connectivity index (χ3v) is 3.99. The first-order valence-corrected chi connectivity index (χ1v) is 6.66. The Morgan fingerprint density at radius 2 is 2.29 bits per heavy atom. The summed E-state index contributed by atoms with van der Waals surface area (Å²) in [6.07, 6.45) is 1.71. The number of rotatable bonds is 3. The Labute approximate surface area is 111 Å². The van der Waals surface area contributed by atoms with Gasteiger partial charge in [0.1, 0.15) is 5.03 Å². The summed E-state index contributed by atoms with van der Waals surface area (Å²) < 4.78 is 2.49. The molecule has 2 aromatic heterocycles. The summed E-state index contributed by atoms with van der Waals surface area (Å²) >= 11 is 4.77. The molecule has 0 aliphatic heterocycles. The third-order valence-electron chi connectivity index (χ3n) is 2.10. The smallest absolute Gasteiger partial charge is 0.267 e. The maximum absolute atomic E-state index is 11.6. The van der Waals surface area contributed by atoms with Crippen LogP contribution in [0.2, 0.25) is 0 Å². The molecule has 2 rings (SSSR count). The first-order valence-electron chi connectivity index (χ1n) is 5.05. The lowest BCUT2D eigenvalue weighted by Gasteiger charge is -2.08. The van der Waals surface area contributed by atoms with Crippen LogP contribution in [0.1, 0.15) is 19.9 Å². The van der Waals surface area contributed by atoms with Crippen LogP contribution >= 0.6 is 27.7 Å². The molecule has 0 aromatic carbocycles. The summed E-state index contributed by atoms with van der Waals surface area (Å²) in [5.41, 5.74) is -0.199. The first kappa shape index (κ1) is 12.4. The van der Waals surface area contributed by atoms with Crippen LogP contribution in [-0.2, 0) is 0 Å². The van der Waals surface area contributed by atoms with Crippen LogP contribution in [0.5, 0.6) is 0 Å². The Morgan fingerprint density at radius 1 is 1.53 bits per heavy atom. The number of hydrogen-bond acceptors (Lipinski definition) is 4. The Balaban J connectivity index is 2.37. The van der Waals surface area contributed by atoms with E-state index in [4.69, 9.17) is 0 Å². The van der Waals surface area contributed by atoms with Crippen molar-refractivity contribution in [2.75, 3.05) is 0 Å². The van der Waals surface area contributed by atoms with Crippen molar-refractivity contribution in [2.24, 2.45) is 0 Å². The highest BCUT2D eigenvalue weighted by atomic mass is 79.9. The van der Waals surface area contributed by atoms with Gasteiger partial charge in [-0.2, -0.15) is 0 Å². The van der Waals surface area contributed by atoms with Gasteiger partial charge in [0.2, 0.25) is 0 Å². The highest BCUT2D eigenvalue weighted by Crippen LogP contribution is 2.30. The van der Waals surface area contributed by atoms with Crippen LogP contribution in [-0.4, -0.2) is 19.7 Å². The molecule has 0 aliphatic rings. The summed E-state index contributed by atoms with van der Waals surface area (Å²) in [4.78, 5) is 15.8. The molecule has 0 radical (unpaired) electrons. The molecule has 90 valence electrons. The molecule has 0 atom stereocenters. The number of aromatic nitrogens is 4. The van der Waals surface area contributed by atoms with Crippen molar-refractivity contribution in [1.82, 2.24) is 19.7 Å². The molecule has 0 amide bonds. The van der Waals surface area contributed by atoms with Crippen molar-refractivity contribution in [1.29, 1.82) is 0 Å². The molecule has 0 unspecified atom stereocenters. The molecule has 0 saturated heterocycles. The standard InChI is InChI=1S/C10H11BrN4OS/c1-6(2)15-9(16)13-14-10(15)17-8-7(11)4-3-5-12-8/h3-6H,1-2H3,(H,13,16). The predicted octanol–water partition coefficient (Wildman–Crippen LogP) is 2.46. The van der Waals surface area contributed by atoms with Gasteiger partial charge in [0.25, 0.3) is 0 Å². The van der Waals surface area contributed by atoms with Crippen molar-refractivity contribution in [3.05, 3.63) is 33.3 Å². The Morgan fingerprint density at radius 3 is 2.94 bits per heavy atom. The van der Waals surface area contributed by atoms with E-state index in [1.54, 1.807) is 10.8 Å². The van der Waals surface area contributed by atoms with E-state index in [9.17, 15) is 4.79 Å². The molecular weight excluding hydrogens is 304 g/mol. The van der Waals surface area contributed by atoms with E-state index in [-0.39, 0.29) is 11.7 Å². The maximum atomic E-state index is 11.6. The third kappa shape index (κ3) is 2.61. The van der Waals surface area contributed by atoms with E-state index < -0.39 is 0 Å². The largest absolute Gasteiger partial charge is 0.344 e. The maximum Gasteiger partial charge on any atom is 0.344 e. The normalized spacial score (nSPS) is 11.1. The fourth-order valence-corrected chi connectivity index (χ4v) is 2.78. The van der Waals surface area contributed by atoms with Gasteiger partial charge in [0.05, 0.1) is 4.47 Å². The predicted molar refractivity (Wildman–Crippen MR) is 69.3 cm³/mol. The summed E-state index contributed by atoms with van der Waals surface area (Å²) in [6, 6.07) is 3.81. The second kappa shape index (κ2) is 5.05. The lowest BCUT2D eigenvalue weighted by atomic mass is 10.4. The zero-order valence-electron chi connectivity index (χ0n) is 9.35. The number of H-pyrrole nitrogens is 1. The average molecular weight is 315 g/mol. The van der Waals surface area contributed by atoms with Crippen LogP contribution in [0.4, 0.5) is 0 Å². The summed E-state index contributed by atoms with van der Waals surface area (Å²) in [5, 5.41) is 7.85. The van der Waals surface area contributed by atoms with E-state index in [1.807, 2.05) is 26.0 Å². The number of hydrogen-bond donors (Lipinski definition) is 1. The molecule has 7 heteroatoms. The van der Waals surface area contributed by atoms with Crippen molar-refractivity contribution in [2.45, 2.75) is 30.1 Å². The van der Waals surface area contributed by atoms with Gasteiger partial charge in [-0.15, -0.1) is 5.10 Å². The van der Waals surface area contributed by atoms with Gasteiger partial charge in [0, 0.05) is 12.2 Å². The van der Waals surface area contributed by atoms with Gasteiger partial charge in [-0.05, 0) is 53.7 Å². The Hall–Kier alpha value is -1.08. The molecule has 2 aromatic rings. The van der Waals surface area contributed by atoms with Gasteiger partial charge in [-0.3, -0.25) is 4.57 Å². The first-order chi connectivity index (χ1) is 8.09. The zero-order valence-corrected chi connectivity index (χ0v) is 11.7. The topological polar surface area (TPSA) is 63.6 Å². The van der Waals surface area contributed by atoms with Gasteiger partial charge in [0.15, 0.2) is 5.16 Å². The minimum atomic E-state index is -0.199. The zero-order chi connectivity index (χ0) is 12.4. The molecule has 0 saturated carbocycles. The number of nitrogens with one attached hydrogen (secondary N) is 1. The summed E-state index contributed by atoms with van der Waals surface area (Å²) in [5.74, 6) is 0. The summed E-state index contributed by atoms with van der Waals surface area (Å²) in [7, 11) is 0. The Bertz CT molecular complexity index is 578. The fourth-order valence-electron chi connectivity index (χ4n) is 1.35. The van der Waals surface area contributed by atoms with Gasteiger partial charge in [-0.1, -0.05) is 0 Å². The number of nitrogens with zero attached hydrogens (tertiary/aromatic N) is 3. The van der Waals surface area contributed by atoms with E-state index in [0.717, 1.165) is 9.50 Å². The van der Waals surface area contributed by atoms with E-state index in [1.165, 1.54) is 11.8 Å². The summed E-state index contributed by atoms with van der Waals surface area (Å²) in [6.45, 7) is 3.88. The number of aromatic amines is 1. The van der Waals surface area contributed by atoms with Crippen LogP contribution < -0.4 is 5.69 Å². The minimum absolute atomic E-state index is 0.0613.